The summed E-state index contributed by atoms with van der Waals surface area (Å²) in [6.07, 6.45) is 2.05. The van der Waals surface area contributed by atoms with Crippen LogP contribution in [0.1, 0.15) is 37.9 Å². The van der Waals surface area contributed by atoms with Gasteiger partial charge in [-0.05, 0) is 24.3 Å². The lowest BCUT2D eigenvalue weighted by molar-refractivity contribution is 0.0726. The Labute approximate surface area is 154 Å². The Balaban J connectivity index is 1.50. The molecule has 3 aromatic rings. The van der Waals surface area contributed by atoms with Crippen LogP contribution in [-0.2, 0) is 19.5 Å². The second-order valence-corrected chi connectivity index (χ2v) is 6.25. The topological polar surface area (TPSA) is 91.2 Å². The number of H-pyrrole nitrogens is 1. The summed E-state index contributed by atoms with van der Waals surface area (Å²) in [5.41, 5.74) is 1.73. The monoisotopic (exact) mass is 368 g/mol. The van der Waals surface area contributed by atoms with Crippen LogP contribution in [0.3, 0.4) is 0 Å². The van der Waals surface area contributed by atoms with Crippen molar-refractivity contribution in [2.24, 2.45) is 0 Å². The highest BCUT2D eigenvalue weighted by Crippen LogP contribution is 2.22. The summed E-state index contributed by atoms with van der Waals surface area (Å²) in [5, 5.41) is 9.71. The summed E-state index contributed by atoms with van der Waals surface area (Å²) in [7, 11) is 0. The standard InChI is InChI=1S/C19H17FN4O3/c20-15-6-2-1-5-13(15)19(26)24-8-7-16-14(11-24)17(23-22-16)18(25)21-10-12-4-3-9-27-12/h1-6,9H,7-8,10-11H2,(H,21,25)(H,22,23). The van der Waals surface area contributed by atoms with Crippen LogP contribution >= 0.6 is 0 Å². The largest absolute Gasteiger partial charge is 0.467 e. The number of halogens is 1. The van der Waals surface area contributed by atoms with Gasteiger partial charge in [0.1, 0.15) is 11.6 Å². The van der Waals surface area contributed by atoms with E-state index < -0.39 is 11.7 Å². The Hall–Kier alpha value is -3.42. The average molecular weight is 368 g/mol. The number of hydrogen-bond donors (Lipinski definition) is 2. The van der Waals surface area contributed by atoms with Crippen molar-refractivity contribution in [3.63, 3.8) is 0 Å². The second kappa shape index (κ2) is 7.06. The van der Waals surface area contributed by atoms with Gasteiger partial charge in [0.15, 0.2) is 5.69 Å². The lowest BCUT2D eigenvalue weighted by Crippen LogP contribution is -2.37. The van der Waals surface area contributed by atoms with Crippen molar-refractivity contribution in [2.75, 3.05) is 6.54 Å². The molecule has 3 heterocycles. The smallest absolute Gasteiger partial charge is 0.272 e. The van der Waals surface area contributed by atoms with Crippen molar-refractivity contribution in [3.8, 4) is 0 Å². The first-order valence-electron chi connectivity index (χ1n) is 8.54. The summed E-state index contributed by atoms with van der Waals surface area (Å²) in [5.74, 6) is -0.688. The first kappa shape index (κ1) is 17.0. The molecule has 0 aliphatic carbocycles. The van der Waals surface area contributed by atoms with Gasteiger partial charge in [-0.25, -0.2) is 4.39 Å². The molecule has 2 aromatic heterocycles. The van der Waals surface area contributed by atoms with Crippen LogP contribution in [0.2, 0.25) is 0 Å². The number of nitrogens with one attached hydrogen (secondary N) is 2. The minimum absolute atomic E-state index is 0.0215. The first-order chi connectivity index (χ1) is 13.1. The molecule has 7 nitrogen and oxygen atoms in total. The maximum atomic E-state index is 13.9. The first-order valence-corrected chi connectivity index (χ1v) is 8.54. The van der Waals surface area contributed by atoms with Crippen molar-refractivity contribution in [2.45, 2.75) is 19.5 Å². The zero-order valence-electron chi connectivity index (χ0n) is 14.4. The van der Waals surface area contributed by atoms with Crippen LogP contribution in [0.5, 0.6) is 0 Å². The number of furan rings is 1. The number of rotatable bonds is 4. The predicted octanol–water partition coefficient (Wildman–Crippen LogP) is 2.27. The molecule has 0 bridgehead atoms. The predicted molar refractivity (Wildman–Crippen MR) is 93.3 cm³/mol. The normalized spacial score (nSPS) is 13.3. The fourth-order valence-corrected chi connectivity index (χ4v) is 3.13. The molecule has 0 spiro atoms. The van der Waals surface area contributed by atoms with Gasteiger partial charge in [-0.15, -0.1) is 0 Å². The van der Waals surface area contributed by atoms with Gasteiger partial charge in [-0.3, -0.25) is 14.7 Å². The van der Waals surface area contributed by atoms with Gasteiger partial charge in [0.05, 0.1) is 24.9 Å². The molecule has 8 heteroatoms. The molecule has 138 valence electrons. The van der Waals surface area contributed by atoms with Gasteiger partial charge in [0.2, 0.25) is 0 Å². The van der Waals surface area contributed by atoms with Gasteiger partial charge in [-0.2, -0.15) is 5.10 Å². The molecule has 2 amide bonds. The van der Waals surface area contributed by atoms with E-state index in [0.29, 0.717) is 24.3 Å². The zero-order chi connectivity index (χ0) is 18.8. The van der Waals surface area contributed by atoms with Gasteiger partial charge < -0.3 is 14.6 Å². The Morgan fingerprint density at radius 1 is 1.26 bits per heavy atom. The van der Waals surface area contributed by atoms with Gasteiger partial charge in [-0.1, -0.05) is 12.1 Å². The van der Waals surface area contributed by atoms with E-state index in [2.05, 4.69) is 15.5 Å². The van der Waals surface area contributed by atoms with Crippen LogP contribution in [0.15, 0.2) is 47.1 Å². The Morgan fingerprint density at radius 2 is 2.11 bits per heavy atom. The Kier molecular flexibility index (Phi) is 4.45. The van der Waals surface area contributed by atoms with Crippen LogP contribution in [0.4, 0.5) is 4.39 Å². The number of hydrogen-bond acceptors (Lipinski definition) is 4. The van der Waals surface area contributed by atoms with Crippen LogP contribution in [0.25, 0.3) is 0 Å². The van der Waals surface area contributed by atoms with E-state index in [4.69, 9.17) is 4.42 Å². The van der Waals surface area contributed by atoms with Crippen LogP contribution in [0, 0.1) is 5.82 Å². The molecule has 27 heavy (non-hydrogen) atoms. The molecule has 0 radical (unpaired) electrons. The van der Waals surface area contributed by atoms with Gasteiger partial charge >= 0.3 is 0 Å². The van der Waals surface area contributed by atoms with Crippen LogP contribution in [-0.4, -0.2) is 33.5 Å². The summed E-state index contributed by atoms with van der Waals surface area (Å²) < 4.78 is 19.1. The van der Waals surface area contributed by atoms with E-state index in [-0.39, 0.29) is 30.3 Å². The zero-order valence-corrected chi connectivity index (χ0v) is 14.4. The van der Waals surface area contributed by atoms with E-state index in [9.17, 15) is 14.0 Å². The number of aromatic nitrogens is 2. The van der Waals surface area contributed by atoms with Gasteiger partial charge in [0.25, 0.3) is 11.8 Å². The highest BCUT2D eigenvalue weighted by atomic mass is 19.1. The average Bonchev–Trinajstić information content (AvgIpc) is 3.35. The number of amides is 2. The molecule has 0 unspecified atom stereocenters. The van der Waals surface area contributed by atoms with Crippen molar-refractivity contribution >= 4 is 11.8 Å². The lowest BCUT2D eigenvalue weighted by Gasteiger charge is -2.27. The Bertz CT molecular complexity index is 981. The number of carbonyl (C=O) groups is 2. The summed E-state index contributed by atoms with van der Waals surface area (Å²) in [6.45, 7) is 0.865. The fraction of sp³-hybridized carbons (Fsp3) is 0.211. The molecule has 0 saturated heterocycles. The third-order valence-corrected chi connectivity index (χ3v) is 4.54. The second-order valence-electron chi connectivity index (χ2n) is 6.25. The number of aromatic amines is 1. The van der Waals surface area contributed by atoms with Crippen molar-refractivity contribution in [1.82, 2.24) is 20.4 Å². The number of fused-ring (bicyclic) bond motifs is 1. The van der Waals surface area contributed by atoms with E-state index in [1.54, 1.807) is 18.2 Å². The lowest BCUT2D eigenvalue weighted by atomic mass is 10.0. The molecule has 0 saturated carbocycles. The molecule has 1 aromatic carbocycles. The van der Waals surface area contributed by atoms with Crippen molar-refractivity contribution < 1.29 is 18.4 Å². The van der Waals surface area contributed by atoms with Crippen molar-refractivity contribution in [3.05, 3.63) is 76.8 Å². The molecular weight excluding hydrogens is 351 g/mol. The maximum absolute atomic E-state index is 13.9. The van der Waals surface area contributed by atoms with E-state index in [0.717, 1.165) is 5.69 Å². The summed E-state index contributed by atoms with van der Waals surface area (Å²) in [4.78, 5) is 26.7. The molecular formula is C19H17FN4O3. The molecule has 2 N–H and O–H groups in total. The van der Waals surface area contributed by atoms with E-state index in [1.165, 1.54) is 29.4 Å². The van der Waals surface area contributed by atoms with Gasteiger partial charge in [0, 0.05) is 24.2 Å². The molecule has 0 atom stereocenters. The number of benzene rings is 1. The summed E-state index contributed by atoms with van der Waals surface area (Å²) >= 11 is 0. The third-order valence-electron chi connectivity index (χ3n) is 4.54. The number of carbonyl (C=O) groups excluding carboxylic acids is 2. The van der Waals surface area contributed by atoms with Crippen LogP contribution < -0.4 is 5.32 Å². The van der Waals surface area contributed by atoms with E-state index >= 15 is 0 Å². The summed E-state index contributed by atoms with van der Waals surface area (Å²) in [6, 6.07) is 9.38. The SMILES string of the molecule is O=C(NCc1ccco1)c1n[nH]c2c1CN(C(=O)c1ccccc1F)CC2. The Morgan fingerprint density at radius 3 is 2.89 bits per heavy atom. The molecule has 1 aliphatic heterocycles. The van der Waals surface area contributed by atoms with E-state index in [1.807, 2.05) is 0 Å². The highest BCUT2D eigenvalue weighted by molar-refractivity contribution is 5.96. The molecule has 0 fully saturated rings. The highest BCUT2D eigenvalue weighted by Gasteiger charge is 2.29. The molecule has 1 aliphatic rings. The minimum atomic E-state index is -0.558. The molecule has 4 rings (SSSR count). The van der Waals surface area contributed by atoms with Crippen molar-refractivity contribution in [1.29, 1.82) is 0 Å². The maximum Gasteiger partial charge on any atom is 0.272 e. The quantitative estimate of drug-likeness (QED) is 0.739. The number of nitrogens with zero attached hydrogens (tertiary/aromatic N) is 2. The fourth-order valence-electron chi connectivity index (χ4n) is 3.13. The minimum Gasteiger partial charge on any atom is -0.467 e. The third kappa shape index (κ3) is 3.33.